The highest BCUT2D eigenvalue weighted by atomic mass is 32.2. The maximum absolute atomic E-state index is 12.5. The Bertz CT molecular complexity index is 279. The normalized spacial score (nSPS) is 31.4. The van der Waals surface area contributed by atoms with Gasteiger partial charge in [-0.25, -0.2) is 0 Å². The minimum absolute atomic E-state index is 0.0421. The van der Waals surface area contributed by atoms with Gasteiger partial charge in [0.25, 0.3) is 0 Å². The molecular formula is C14H26N2OS. The van der Waals surface area contributed by atoms with Crippen molar-refractivity contribution in [2.45, 2.75) is 38.6 Å². The van der Waals surface area contributed by atoms with Gasteiger partial charge in [0.1, 0.15) is 0 Å². The van der Waals surface area contributed by atoms with Gasteiger partial charge in [-0.15, -0.1) is 0 Å². The van der Waals surface area contributed by atoms with Crippen molar-refractivity contribution in [3.8, 4) is 0 Å². The van der Waals surface area contributed by atoms with E-state index in [9.17, 15) is 4.79 Å². The minimum atomic E-state index is 0.0421. The molecule has 3 nitrogen and oxygen atoms in total. The number of carbonyl (C=O) groups is 1. The average Bonchev–Trinajstić information content (AvgIpc) is 2.53. The summed E-state index contributed by atoms with van der Waals surface area (Å²) < 4.78 is 0. The Labute approximate surface area is 115 Å². The average molecular weight is 270 g/mol. The van der Waals surface area contributed by atoms with Gasteiger partial charge in [-0.05, 0) is 56.1 Å². The molecule has 2 fully saturated rings. The molecule has 2 saturated heterocycles. The molecule has 0 aromatic rings. The lowest BCUT2D eigenvalue weighted by molar-refractivity contribution is -0.133. The molecule has 0 spiro atoms. The van der Waals surface area contributed by atoms with E-state index in [-0.39, 0.29) is 6.04 Å². The van der Waals surface area contributed by atoms with E-state index in [2.05, 4.69) is 28.9 Å². The Morgan fingerprint density at radius 3 is 2.72 bits per heavy atom. The molecule has 0 bridgehead atoms. The third-order valence-electron chi connectivity index (χ3n) is 4.31. The summed E-state index contributed by atoms with van der Waals surface area (Å²) in [6.07, 6.45) is 4.72. The molecular weight excluding hydrogens is 244 g/mol. The molecule has 2 heterocycles. The lowest BCUT2D eigenvalue weighted by atomic mass is 10.0. The zero-order chi connectivity index (χ0) is 13.0. The molecule has 2 aliphatic heterocycles. The van der Waals surface area contributed by atoms with Crippen molar-refractivity contribution in [3.63, 3.8) is 0 Å². The number of hydrogen-bond donors (Lipinski definition) is 1. The summed E-state index contributed by atoms with van der Waals surface area (Å²) in [5.41, 5.74) is 0. The van der Waals surface area contributed by atoms with Crippen molar-refractivity contribution in [1.82, 2.24) is 10.2 Å². The monoisotopic (exact) mass is 270 g/mol. The lowest BCUT2D eigenvalue weighted by Crippen LogP contribution is -2.46. The van der Waals surface area contributed by atoms with Gasteiger partial charge >= 0.3 is 0 Å². The molecule has 0 aromatic carbocycles. The van der Waals surface area contributed by atoms with Crippen molar-refractivity contribution >= 4 is 17.7 Å². The standard InChI is InChI=1S/C14H26N2OS/c1-11-3-6-16(14(17)13(9-11)15-2)10-12-4-7-18-8-5-12/h11-13,15H,3-10H2,1-2H3. The predicted octanol–water partition coefficient (Wildman–Crippen LogP) is 1.98. The van der Waals surface area contributed by atoms with Gasteiger partial charge in [-0.2, -0.15) is 11.8 Å². The number of hydrogen-bond acceptors (Lipinski definition) is 3. The maximum atomic E-state index is 12.5. The van der Waals surface area contributed by atoms with Gasteiger partial charge in [0, 0.05) is 13.1 Å². The Balaban J connectivity index is 1.94. The van der Waals surface area contributed by atoms with Crippen molar-refractivity contribution in [2.24, 2.45) is 11.8 Å². The van der Waals surface area contributed by atoms with Gasteiger partial charge in [-0.1, -0.05) is 6.92 Å². The Morgan fingerprint density at radius 1 is 1.33 bits per heavy atom. The third-order valence-corrected chi connectivity index (χ3v) is 5.36. The molecule has 0 aliphatic carbocycles. The molecule has 0 saturated carbocycles. The van der Waals surface area contributed by atoms with Crippen LogP contribution in [0.4, 0.5) is 0 Å². The number of thioether (sulfide) groups is 1. The van der Waals surface area contributed by atoms with E-state index in [0.29, 0.717) is 11.8 Å². The highest BCUT2D eigenvalue weighted by Gasteiger charge is 2.30. The van der Waals surface area contributed by atoms with E-state index < -0.39 is 0 Å². The number of amides is 1. The first-order chi connectivity index (χ1) is 8.70. The molecule has 1 amide bonds. The number of likely N-dealkylation sites (tertiary alicyclic amines) is 1. The summed E-state index contributed by atoms with van der Waals surface area (Å²) in [6.45, 7) is 4.21. The van der Waals surface area contributed by atoms with E-state index in [1.54, 1.807) is 0 Å². The van der Waals surface area contributed by atoms with E-state index >= 15 is 0 Å². The van der Waals surface area contributed by atoms with Crippen LogP contribution in [0.3, 0.4) is 0 Å². The first-order valence-corrected chi connectivity index (χ1v) is 8.40. The summed E-state index contributed by atoms with van der Waals surface area (Å²) in [5.74, 6) is 4.27. The van der Waals surface area contributed by atoms with Crippen molar-refractivity contribution in [3.05, 3.63) is 0 Å². The fourth-order valence-electron chi connectivity index (χ4n) is 2.99. The van der Waals surface area contributed by atoms with Crippen molar-refractivity contribution in [2.75, 3.05) is 31.6 Å². The zero-order valence-corrected chi connectivity index (χ0v) is 12.5. The minimum Gasteiger partial charge on any atom is -0.341 e. The Kier molecular flexibility index (Phi) is 5.37. The van der Waals surface area contributed by atoms with Gasteiger partial charge in [0.2, 0.25) is 5.91 Å². The van der Waals surface area contributed by atoms with Crippen LogP contribution < -0.4 is 5.32 Å². The van der Waals surface area contributed by atoms with E-state index in [4.69, 9.17) is 0 Å². The molecule has 0 aromatic heterocycles. The number of nitrogens with one attached hydrogen (secondary N) is 1. The maximum Gasteiger partial charge on any atom is 0.239 e. The van der Waals surface area contributed by atoms with Crippen LogP contribution in [0, 0.1) is 11.8 Å². The predicted molar refractivity (Wildman–Crippen MR) is 77.9 cm³/mol. The third kappa shape index (κ3) is 3.64. The fraction of sp³-hybridized carbons (Fsp3) is 0.929. The number of nitrogens with zero attached hydrogens (tertiary/aromatic N) is 1. The Hall–Kier alpha value is -0.220. The SMILES string of the molecule is CNC1CC(C)CCN(CC2CCSCC2)C1=O. The van der Waals surface area contributed by atoms with Crippen LogP contribution in [0.25, 0.3) is 0 Å². The highest BCUT2D eigenvalue weighted by molar-refractivity contribution is 7.99. The molecule has 2 atom stereocenters. The lowest BCUT2D eigenvalue weighted by Gasteiger charge is -2.30. The first-order valence-electron chi connectivity index (χ1n) is 7.24. The van der Waals surface area contributed by atoms with Gasteiger partial charge in [0.15, 0.2) is 0 Å². The first kappa shape index (κ1) is 14.2. The zero-order valence-electron chi connectivity index (χ0n) is 11.7. The van der Waals surface area contributed by atoms with Crippen LogP contribution in [0.15, 0.2) is 0 Å². The molecule has 2 aliphatic rings. The van der Waals surface area contributed by atoms with Crippen LogP contribution in [0.1, 0.15) is 32.6 Å². The molecule has 2 unspecified atom stereocenters. The van der Waals surface area contributed by atoms with Crippen LogP contribution in [-0.4, -0.2) is 48.5 Å². The molecule has 1 N–H and O–H groups in total. The number of carbonyl (C=O) groups excluding carboxylic acids is 1. The summed E-state index contributed by atoms with van der Waals surface area (Å²) in [6, 6.07) is 0.0421. The molecule has 2 rings (SSSR count). The van der Waals surface area contributed by atoms with Crippen LogP contribution >= 0.6 is 11.8 Å². The Morgan fingerprint density at radius 2 is 2.06 bits per heavy atom. The van der Waals surface area contributed by atoms with Crippen LogP contribution in [0.5, 0.6) is 0 Å². The highest BCUT2D eigenvalue weighted by Crippen LogP contribution is 2.25. The summed E-state index contributed by atoms with van der Waals surface area (Å²) >= 11 is 2.06. The number of rotatable bonds is 3. The van der Waals surface area contributed by atoms with Crippen molar-refractivity contribution in [1.29, 1.82) is 0 Å². The van der Waals surface area contributed by atoms with E-state index in [1.165, 1.54) is 24.3 Å². The molecule has 0 radical (unpaired) electrons. The largest absolute Gasteiger partial charge is 0.341 e. The smallest absolute Gasteiger partial charge is 0.239 e. The fourth-order valence-corrected chi connectivity index (χ4v) is 4.20. The van der Waals surface area contributed by atoms with Crippen LogP contribution in [0.2, 0.25) is 0 Å². The molecule has 18 heavy (non-hydrogen) atoms. The summed E-state index contributed by atoms with van der Waals surface area (Å²) in [7, 11) is 1.91. The van der Waals surface area contributed by atoms with E-state index in [1.807, 2.05) is 7.05 Å². The number of likely N-dealkylation sites (N-methyl/N-ethyl adjacent to an activating group) is 1. The summed E-state index contributed by atoms with van der Waals surface area (Å²) in [4.78, 5) is 14.6. The summed E-state index contributed by atoms with van der Waals surface area (Å²) in [5, 5.41) is 3.20. The van der Waals surface area contributed by atoms with Gasteiger partial charge in [0.05, 0.1) is 6.04 Å². The molecule has 4 heteroatoms. The molecule has 104 valence electrons. The van der Waals surface area contributed by atoms with Crippen LogP contribution in [-0.2, 0) is 4.79 Å². The van der Waals surface area contributed by atoms with Gasteiger partial charge < -0.3 is 10.2 Å². The van der Waals surface area contributed by atoms with Gasteiger partial charge in [-0.3, -0.25) is 4.79 Å². The quantitative estimate of drug-likeness (QED) is 0.851. The topological polar surface area (TPSA) is 32.3 Å². The second-order valence-electron chi connectivity index (χ2n) is 5.81. The second-order valence-corrected chi connectivity index (χ2v) is 7.04. The van der Waals surface area contributed by atoms with E-state index in [0.717, 1.165) is 31.8 Å². The van der Waals surface area contributed by atoms with Crippen molar-refractivity contribution < 1.29 is 4.79 Å². The second kappa shape index (κ2) is 6.80.